The summed E-state index contributed by atoms with van der Waals surface area (Å²) in [7, 11) is 0. The van der Waals surface area contributed by atoms with Gasteiger partial charge in [-0.25, -0.2) is 0 Å². The van der Waals surface area contributed by atoms with E-state index in [9.17, 15) is 0 Å². The zero-order chi connectivity index (χ0) is 11.6. The van der Waals surface area contributed by atoms with Gasteiger partial charge in [-0.15, -0.1) is 6.58 Å². The van der Waals surface area contributed by atoms with Gasteiger partial charge < -0.3 is 0 Å². The molecule has 0 saturated carbocycles. The van der Waals surface area contributed by atoms with Crippen LogP contribution in [0.15, 0.2) is 24.8 Å². The van der Waals surface area contributed by atoms with E-state index in [1.54, 1.807) is 0 Å². The molecule has 0 amide bonds. The molecular weight excluding hydrogens is 180 g/mol. The normalized spacial score (nSPS) is 11.5. The summed E-state index contributed by atoms with van der Waals surface area (Å²) >= 11 is 0. The maximum Gasteiger partial charge on any atom is 0.00728 e. The van der Waals surface area contributed by atoms with Crippen LogP contribution in [0.4, 0.5) is 0 Å². The van der Waals surface area contributed by atoms with E-state index in [4.69, 9.17) is 0 Å². The lowest BCUT2D eigenvalue weighted by Gasteiger charge is -2.23. The Kier molecular flexibility index (Phi) is 3.38. The van der Waals surface area contributed by atoms with Crippen LogP contribution in [0.2, 0.25) is 0 Å². The lowest BCUT2D eigenvalue weighted by molar-refractivity contribution is 0.669. The molecule has 0 unspecified atom stereocenters. The minimum atomic E-state index is 0.0712. The Balaban J connectivity index is 3.31. The molecule has 0 N–H and O–H groups in total. The van der Waals surface area contributed by atoms with Gasteiger partial charge in [-0.1, -0.05) is 39.0 Å². The molecule has 0 heteroatoms. The van der Waals surface area contributed by atoms with Crippen LogP contribution in [0.1, 0.15) is 43.0 Å². The van der Waals surface area contributed by atoms with Crippen LogP contribution in [0.25, 0.3) is 0 Å². The van der Waals surface area contributed by atoms with Gasteiger partial charge in [0.1, 0.15) is 0 Å². The van der Waals surface area contributed by atoms with E-state index < -0.39 is 0 Å². The summed E-state index contributed by atoms with van der Waals surface area (Å²) < 4.78 is 0. The molecule has 0 nitrogen and oxygen atoms in total. The van der Waals surface area contributed by atoms with Gasteiger partial charge in [0, 0.05) is 5.41 Å². The topological polar surface area (TPSA) is 0 Å². The summed E-state index contributed by atoms with van der Waals surface area (Å²) in [5.74, 6) is 0. The average Bonchev–Trinajstić information content (AvgIpc) is 2.17. The van der Waals surface area contributed by atoms with E-state index in [0.717, 1.165) is 6.42 Å². The highest BCUT2D eigenvalue weighted by atomic mass is 14.2. The van der Waals surface area contributed by atoms with Crippen LogP contribution in [-0.2, 0) is 11.8 Å². The molecule has 1 aromatic rings. The average molecular weight is 202 g/mol. The molecule has 0 fully saturated rings. The van der Waals surface area contributed by atoms with Gasteiger partial charge >= 0.3 is 0 Å². The van der Waals surface area contributed by atoms with Crippen LogP contribution in [0.3, 0.4) is 0 Å². The summed E-state index contributed by atoms with van der Waals surface area (Å²) in [5, 5.41) is 0. The Bertz CT molecular complexity index is 347. The highest BCUT2D eigenvalue weighted by Crippen LogP contribution is 2.28. The first-order valence-corrected chi connectivity index (χ1v) is 5.66. The summed E-state index contributed by atoms with van der Waals surface area (Å²) in [4.78, 5) is 0. The zero-order valence-corrected chi connectivity index (χ0v) is 10.6. The fourth-order valence-corrected chi connectivity index (χ4v) is 2.04. The molecule has 0 saturated heterocycles. The SMILES string of the molecule is C=CC(C)(C)c1cc(C)c(CC)c(C)c1. The molecule has 1 rings (SSSR count). The Hall–Kier alpha value is -1.04. The number of rotatable bonds is 3. The molecule has 0 bridgehead atoms. The van der Waals surface area contributed by atoms with Crippen molar-refractivity contribution in [3.63, 3.8) is 0 Å². The van der Waals surface area contributed by atoms with E-state index in [2.05, 4.69) is 53.3 Å². The van der Waals surface area contributed by atoms with Crippen molar-refractivity contribution in [3.8, 4) is 0 Å². The fourth-order valence-electron chi connectivity index (χ4n) is 2.04. The van der Waals surface area contributed by atoms with E-state index in [0.29, 0.717) is 0 Å². The summed E-state index contributed by atoms with van der Waals surface area (Å²) in [5.41, 5.74) is 5.73. The van der Waals surface area contributed by atoms with Crippen molar-refractivity contribution in [1.29, 1.82) is 0 Å². The smallest absolute Gasteiger partial charge is 0.00728 e. The van der Waals surface area contributed by atoms with Crippen LogP contribution in [0, 0.1) is 13.8 Å². The zero-order valence-electron chi connectivity index (χ0n) is 10.6. The Labute approximate surface area is 94.0 Å². The third-order valence-electron chi connectivity index (χ3n) is 3.30. The lowest BCUT2D eigenvalue weighted by atomic mass is 9.82. The van der Waals surface area contributed by atoms with Crippen molar-refractivity contribution in [2.24, 2.45) is 0 Å². The maximum absolute atomic E-state index is 3.91. The predicted molar refractivity (Wildman–Crippen MR) is 68.5 cm³/mol. The van der Waals surface area contributed by atoms with Crippen LogP contribution < -0.4 is 0 Å². The van der Waals surface area contributed by atoms with Gasteiger partial charge in [0.25, 0.3) is 0 Å². The summed E-state index contributed by atoms with van der Waals surface area (Å²) in [6, 6.07) is 4.60. The van der Waals surface area contributed by atoms with Crippen molar-refractivity contribution in [2.75, 3.05) is 0 Å². The summed E-state index contributed by atoms with van der Waals surface area (Å²) in [6.45, 7) is 14.9. The van der Waals surface area contributed by atoms with E-state index in [-0.39, 0.29) is 5.41 Å². The first-order valence-electron chi connectivity index (χ1n) is 5.66. The van der Waals surface area contributed by atoms with E-state index in [1.165, 1.54) is 22.3 Å². The van der Waals surface area contributed by atoms with Crippen molar-refractivity contribution in [1.82, 2.24) is 0 Å². The monoisotopic (exact) mass is 202 g/mol. The largest absolute Gasteiger partial charge is 0.102 e. The van der Waals surface area contributed by atoms with Crippen molar-refractivity contribution >= 4 is 0 Å². The third-order valence-corrected chi connectivity index (χ3v) is 3.30. The number of aryl methyl sites for hydroxylation is 2. The molecule has 0 aliphatic rings. The standard InChI is InChI=1S/C15H22/c1-7-14-11(3)9-13(10-12(14)4)15(5,6)8-2/h8-10H,2,7H2,1,3-6H3. The molecular formula is C15H22. The van der Waals surface area contributed by atoms with Gasteiger partial charge in [-0.3, -0.25) is 0 Å². The molecule has 0 aliphatic carbocycles. The van der Waals surface area contributed by atoms with Crippen LogP contribution in [0.5, 0.6) is 0 Å². The third kappa shape index (κ3) is 2.31. The highest BCUT2D eigenvalue weighted by molar-refractivity contribution is 5.42. The minimum absolute atomic E-state index is 0.0712. The van der Waals surface area contributed by atoms with Crippen molar-refractivity contribution < 1.29 is 0 Å². The second-order valence-corrected chi connectivity index (χ2v) is 4.87. The molecule has 0 atom stereocenters. The van der Waals surface area contributed by atoms with E-state index in [1.807, 2.05) is 6.08 Å². The first kappa shape index (κ1) is 12.0. The minimum Gasteiger partial charge on any atom is -0.102 e. The van der Waals surface area contributed by atoms with Gasteiger partial charge in [-0.2, -0.15) is 0 Å². The molecule has 0 radical (unpaired) electrons. The molecule has 0 spiro atoms. The van der Waals surface area contributed by atoms with Crippen molar-refractivity contribution in [3.05, 3.63) is 47.0 Å². The van der Waals surface area contributed by atoms with Gasteiger partial charge in [0.2, 0.25) is 0 Å². The number of hydrogen-bond donors (Lipinski definition) is 0. The predicted octanol–water partition coefficient (Wildman–Crippen LogP) is 4.33. The van der Waals surface area contributed by atoms with Gasteiger partial charge in [0.05, 0.1) is 0 Å². The second-order valence-electron chi connectivity index (χ2n) is 4.87. The molecule has 1 aromatic carbocycles. The van der Waals surface area contributed by atoms with Crippen LogP contribution >= 0.6 is 0 Å². The fraction of sp³-hybridized carbons (Fsp3) is 0.467. The maximum atomic E-state index is 3.91. The quantitative estimate of drug-likeness (QED) is 0.640. The second kappa shape index (κ2) is 4.22. The highest BCUT2D eigenvalue weighted by Gasteiger charge is 2.17. The molecule has 0 heterocycles. The Morgan fingerprint density at radius 2 is 1.67 bits per heavy atom. The van der Waals surface area contributed by atoms with Gasteiger partial charge in [0.15, 0.2) is 0 Å². The first-order chi connectivity index (χ1) is 6.92. The number of allylic oxidation sites excluding steroid dienone is 1. The van der Waals surface area contributed by atoms with Gasteiger partial charge in [-0.05, 0) is 42.5 Å². The number of hydrogen-bond acceptors (Lipinski definition) is 0. The van der Waals surface area contributed by atoms with Crippen LogP contribution in [-0.4, -0.2) is 0 Å². The summed E-state index contributed by atoms with van der Waals surface area (Å²) in [6.07, 6.45) is 3.14. The Morgan fingerprint density at radius 1 is 1.20 bits per heavy atom. The lowest BCUT2D eigenvalue weighted by Crippen LogP contribution is -2.14. The molecule has 15 heavy (non-hydrogen) atoms. The van der Waals surface area contributed by atoms with Crippen molar-refractivity contribution in [2.45, 2.75) is 46.5 Å². The number of benzene rings is 1. The van der Waals surface area contributed by atoms with E-state index >= 15 is 0 Å². The molecule has 82 valence electrons. The Morgan fingerprint density at radius 3 is 2.00 bits per heavy atom. The molecule has 0 aromatic heterocycles. The molecule has 0 aliphatic heterocycles.